The lowest BCUT2D eigenvalue weighted by Crippen LogP contribution is -2.43. The molecule has 0 bridgehead atoms. The number of aliphatic hydroxyl groups is 2. The van der Waals surface area contributed by atoms with Crippen LogP contribution in [0.5, 0.6) is 0 Å². The van der Waals surface area contributed by atoms with Crippen LogP contribution < -0.4 is 11.2 Å². The smallest absolute Gasteiger partial charge is 0.387 e. The van der Waals surface area contributed by atoms with E-state index in [9.17, 15) is 61.2 Å². The number of carbonyl (C=O) groups is 1. The first-order chi connectivity index (χ1) is 18.9. The summed E-state index contributed by atoms with van der Waals surface area (Å²) in [5.41, 5.74) is -2.55. The van der Waals surface area contributed by atoms with Gasteiger partial charge in [0, 0.05) is 12.7 Å². The number of nitrogens with one attached hydrogen (secondary N) is 1. The molecule has 1 aromatic heterocycles. The Morgan fingerprint density at radius 2 is 1.69 bits per heavy atom. The summed E-state index contributed by atoms with van der Waals surface area (Å²) in [6.07, 6.45) is -11.2. The third kappa shape index (κ3) is 10.3. The maximum absolute atomic E-state index is 13.1. The Kier molecular flexibility index (Phi) is 11.5. The van der Waals surface area contributed by atoms with E-state index in [0.29, 0.717) is 16.3 Å². The summed E-state index contributed by atoms with van der Waals surface area (Å²) >= 11 is 0. The number of aliphatic hydroxyl groups excluding tert-OH is 2. The van der Waals surface area contributed by atoms with Crippen molar-refractivity contribution in [3.05, 3.63) is 44.2 Å². The number of phosphoric ester groups is 1. The van der Waals surface area contributed by atoms with E-state index < -0.39 is 96.6 Å². The number of carbonyl (C=O) groups excluding carboxylic acids is 1. The number of hydrogen-bond acceptors (Lipinski definition) is 12. The molecule has 0 spiro atoms. The van der Waals surface area contributed by atoms with Crippen LogP contribution in [-0.4, -0.2) is 87.8 Å². The van der Waals surface area contributed by atoms with E-state index in [1.165, 1.54) is 19.9 Å². The van der Waals surface area contributed by atoms with Crippen molar-refractivity contribution in [1.29, 1.82) is 0 Å². The zero-order valence-electron chi connectivity index (χ0n) is 21.2. The van der Waals surface area contributed by atoms with Crippen molar-refractivity contribution in [2.45, 2.75) is 51.1 Å². The molecule has 2 rings (SSSR count). The van der Waals surface area contributed by atoms with Crippen LogP contribution in [-0.2, 0) is 42.9 Å². The van der Waals surface area contributed by atoms with E-state index >= 15 is 0 Å². The van der Waals surface area contributed by atoms with Crippen molar-refractivity contribution in [3.63, 3.8) is 0 Å². The van der Waals surface area contributed by atoms with E-state index in [1.807, 2.05) is 0 Å². The fourth-order valence-electron chi connectivity index (χ4n) is 3.29. The first-order valence-corrected chi connectivity index (χ1v) is 15.6. The van der Waals surface area contributed by atoms with Crippen LogP contribution in [0.25, 0.3) is 0 Å². The first-order valence-electron chi connectivity index (χ1n) is 11.1. The highest BCUT2D eigenvalue weighted by atomic mass is 31.3. The standard InChI is InChI=1S/C17H25F3N3O16P3/c1-8(2)3-4-22(15(27)17(18,19)20)5-9-6-23(16(28)21-13(9)26)14-12(25)11(24)10(37-14)7-36-41(32,33)39-42(34,35)38-40(29,30)31/h3,6,10-12,14,24-25H,4-5,7H2,1-2H3,(H,32,33)(H,34,35)(H,21,26,28)(H2,29,30,31). The van der Waals surface area contributed by atoms with Crippen LogP contribution in [0.1, 0.15) is 25.6 Å². The molecule has 0 radical (unpaired) electrons. The summed E-state index contributed by atoms with van der Waals surface area (Å²) in [5.74, 6) is -2.31. The maximum Gasteiger partial charge on any atom is 0.490 e. The van der Waals surface area contributed by atoms with Crippen molar-refractivity contribution in [3.8, 4) is 0 Å². The van der Waals surface area contributed by atoms with Crippen molar-refractivity contribution in [2.75, 3.05) is 13.2 Å². The van der Waals surface area contributed by atoms with Gasteiger partial charge in [0.25, 0.3) is 5.56 Å². The Labute approximate surface area is 232 Å². The summed E-state index contributed by atoms with van der Waals surface area (Å²) in [6, 6.07) is 0. The average molecular weight is 677 g/mol. The maximum atomic E-state index is 13.1. The summed E-state index contributed by atoms with van der Waals surface area (Å²) in [6.45, 7) is 0.281. The van der Waals surface area contributed by atoms with Crippen LogP contribution in [0.3, 0.4) is 0 Å². The Morgan fingerprint density at radius 1 is 1.10 bits per heavy atom. The van der Waals surface area contributed by atoms with Gasteiger partial charge in [0.15, 0.2) is 6.23 Å². The van der Waals surface area contributed by atoms with Crippen LogP contribution in [0.15, 0.2) is 27.4 Å². The molecule has 0 saturated carbocycles. The molecule has 1 aromatic rings. The molecule has 2 heterocycles. The molecule has 0 aromatic carbocycles. The highest BCUT2D eigenvalue weighted by Gasteiger charge is 2.47. The number of alkyl halides is 3. The van der Waals surface area contributed by atoms with Crippen LogP contribution in [0.4, 0.5) is 13.2 Å². The summed E-state index contributed by atoms with van der Waals surface area (Å²) < 4.78 is 90.3. The Morgan fingerprint density at radius 3 is 2.21 bits per heavy atom. The van der Waals surface area contributed by atoms with E-state index in [-0.39, 0.29) is 4.90 Å². The highest BCUT2D eigenvalue weighted by molar-refractivity contribution is 7.66. The Bertz CT molecular complexity index is 1450. The quantitative estimate of drug-likeness (QED) is 0.107. The largest absolute Gasteiger partial charge is 0.490 e. The molecule has 6 atom stereocenters. The van der Waals surface area contributed by atoms with Crippen molar-refractivity contribution < 1.29 is 79.3 Å². The van der Waals surface area contributed by atoms with Crippen LogP contribution in [0, 0.1) is 0 Å². The Balaban J connectivity index is 2.28. The number of allylic oxidation sites excluding steroid dienone is 1. The molecule has 25 heteroatoms. The first kappa shape index (κ1) is 36.2. The number of aromatic amines is 1. The van der Waals surface area contributed by atoms with Crippen molar-refractivity contribution in [1.82, 2.24) is 14.5 Å². The topological polar surface area (TPSA) is 285 Å². The molecule has 1 saturated heterocycles. The second kappa shape index (κ2) is 13.3. The van der Waals surface area contributed by atoms with Crippen molar-refractivity contribution in [2.24, 2.45) is 0 Å². The minimum atomic E-state index is -5.88. The predicted molar refractivity (Wildman–Crippen MR) is 128 cm³/mol. The number of H-pyrrole nitrogens is 1. The number of nitrogens with zero attached hydrogens (tertiary/aromatic N) is 2. The van der Waals surface area contributed by atoms with Gasteiger partial charge >= 0.3 is 41.2 Å². The van der Waals surface area contributed by atoms with Gasteiger partial charge in [-0.3, -0.25) is 23.7 Å². The fourth-order valence-corrected chi connectivity index (χ4v) is 6.32. The third-order valence-corrected chi connectivity index (χ3v) is 8.88. The Hall–Kier alpha value is -2.03. The molecule has 1 aliphatic rings. The molecule has 7 N–H and O–H groups in total. The molecule has 42 heavy (non-hydrogen) atoms. The zero-order chi connectivity index (χ0) is 32.4. The lowest BCUT2D eigenvalue weighted by atomic mass is 10.1. The van der Waals surface area contributed by atoms with Gasteiger partial charge in [-0.15, -0.1) is 0 Å². The molecule has 19 nitrogen and oxygen atoms in total. The number of aromatic nitrogens is 2. The van der Waals surface area contributed by atoms with Gasteiger partial charge in [-0.1, -0.05) is 11.6 Å². The second-order valence-electron chi connectivity index (χ2n) is 8.72. The summed E-state index contributed by atoms with van der Waals surface area (Å²) in [4.78, 5) is 74.4. The van der Waals surface area contributed by atoms with Gasteiger partial charge in [-0.2, -0.15) is 21.8 Å². The number of hydrogen-bond donors (Lipinski definition) is 7. The third-order valence-electron chi connectivity index (χ3n) is 5.08. The normalized spacial score (nSPS) is 24.1. The van der Waals surface area contributed by atoms with Gasteiger partial charge < -0.3 is 39.4 Å². The minimum Gasteiger partial charge on any atom is -0.387 e. The van der Waals surface area contributed by atoms with Gasteiger partial charge in [0.2, 0.25) is 0 Å². The van der Waals surface area contributed by atoms with Gasteiger partial charge in [0.1, 0.15) is 18.3 Å². The molecule has 1 fully saturated rings. The summed E-state index contributed by atoms with van der Waals surface area (Å²) in [5, 5.41) is 20.6. The summed E-state index contributed by atoms with van der Waals surface area (Å²) in [7, 11) is -17.2. The minimum absolute atomic E-state index is 0.249. The van der Waals surface area contributed by atoms with Gasteiger partial charge in [-0.25, -0.2) is 18.5 Å². The molecule has 1 amide bonds. The lowest BCUT2D eigenvalue weighted by molar-refractivity contribution is -0.185. The number of phosphoric acid groups is 3. The van der Waals surface area contributed by atoms with Crippen molar-refractivity contribution >= 4 is 29.4 Å². The molecule has 0 aliphatic carbocycles. The number of rotatable bonds is 12. The molecule has 6 unspecified atom stereocenters. The lowest BCUT2D eigenvalue weighted by Gasteiger charge is -2.23. The van der Waals surface area contributed by atoms with E-state index in [2.05, 4.69) is 13.1 Å². The zero-order valence-corrected chi connectivity index (χ0v) is 23.9. The van der Waals surface area contributed by atoms with Gasteiger partial charge in [0.05, 0.1) is 18.7 Å². The molecular weight excluding hydrogens is 652 g/mol. The second-order valence-corrected chi connectivity index (χ2v) is 13.1. The molecule has 240 valence electrons. The van der Waals surface area contributed by atoms with Crippen LogP contribution >= 0.6 is 23.5 Å². The molecule has 1 aliphatic heterocycles. The predicted octanol–water partition coefficient (Wildman–Crippen LogP) is -0.644. The van der Waals surface area contributed by atoms with Gasteiger partial charge in [-0.05, 0) is 13.8 Å². The van der Waals surface area contributed by atoms with E-state index in [0.717, 1.165) is 0 Å². The highest BCUT2D eigenvalue weighted by Crippen LogP contribution is 2.66. The number of amides is 1. The number of halogens is 3. The molecular formula is C17H25F3N3O16P3. The van der Waals surface area contributed by atoms with Crippen LogP contribution in [0.2, 0.25) is 0 Å². The SMILES string of the molecule is CC(C)=CCN(Cc1cn(C2OC(COP(=O)(O)OP(=O)(O)OP(=O)(O)O)C(O)C2O)c(=O)[nH]c1=O)C(=O)C(F)(F)F. The average Bonchev–Trinajstić information content (AvgIpc) is 3.06. The van der Waals surface area contributed by atoms with E-state index in [4.69, 9.17) is 14.5 Å². The fraction of sp³-hybridized carbons (Fsp3) is 0.588. The van der Waals surface area contributed by atoms with E-state index in [1.54, 1.807) is 4.98 Å². The monoisotopic (exact) mass is 677 g/mol. The number of ether oxygens (including phenoxy) is 1.